The number of aliphatic carboxylic acids is 1. The number of likely N-dealkylation sites (N-methyl/N-ethyl adjacent to an activating group) is 2. The molecular formula is C38H60N4O8. The van der Waals surface area contributed by atoms with Crippen molar-refractivity contribution in [2.75, 3.05) is 34.3 Å². The van der Waals surface area contributed by atoms with E-state index in [9.17, 15) is 34.2 Å². The summed E-state index contributed by atoms with van der Waals surface area (Å²) in [7, 11) is 4.68. The Morgan fingerprint density at radius 3 is 2.36 bits per heavy atom. The maximum atomic E-state index is 13.8. The van der Waals surface area contributed by atoms with Crippen LogP contribution in [0, 0.1) is 5.92 Å². The van der Waals surface area contributed by atoms with Crippen LogP contribution in [0.4, 0.5) is 0 Å². The number of carboxylic acids is 1. The van der Waals surface area contributed by atoms with E-state index in [1.54, 1.807) is 7.11 Å². The van der Waals surface area contributed by atoms with E-state index < -0.39 is 47.9 Å². The van der Waals surface area contributed by atoms with Gasteiger partial charge in [-0.15, -0.1) is 0 Å². The largest absolute Gasteiger partial charge is 0.480 e. The minimum absolute atomic E-state index is 0.0488. The molecule has 0 spiro atoms. The first-order valence-corrected chi connectivity index (χ1v) is 17.9. The van der Waals surface area contributed by atoms with E-state index in [-0.39, 0.29) is 37.3 Å². The van der Waals surface area contributed by atoms with Gasteiger partial charge < -0.3 is 35.0 Å². The molecular weight excluding hydrogens is 640 g/mol. The van der Waals surface area contributed by atoms with Crippen molar-refractivity contribution in [2.24, 2.45) is 5.92 Å². The molecule has 0 radical (unpaired) electrons. The highest BCUT2D eigenvalue weighted by atomic mass is 16.5. The van der Waals surface area contributed by atoms with Crippen LogP contribution < -0.4 is 5.32 Å². The molecule has 4 amide bonds. The lowest BCUT2D eigenvalue weighted by molar-refractivity contribution is -0.153. The number of hydrogen-bond acceptors (Lipinski definition) is 7. The summed E-state index contributed by atoms with van der Waals surface area (Å²) in [5.74, 6) is -2.68. The highest BCUT2D eigenvalue weighted by Gasteiger charge is 2.40. The standard InChI is InChI=1S/C38H60N4O8/c1-26(2)23-33(37(47)42-22-12-17-32(42)38(48)49)41(6)35(45)25-40(5)36(46)31(24-29-14-9-8-10-15-29)39-34(44)21-19-27(3)18-20-30(43)16-11-13-28(4)50-7/h8-10,14-15,19,26,28,30-33,43H,11-13,16-18,20-25H2,1-7H3,(H,39,44)(H,48,49)/b27-19-/t28-,30-,31-,32-,33+/m0/s1. The van der Waals surface area contributed by atoms with Crippen LogP contribution >= 0.6 is 0 Å². The van der Waals surface area contributed by atoms with Crippen molar-refractivity contribution in [1.82, 2.24) is 20.0 Å². The summed E-state index contributed by atoms with van der Waals surface area (Å²) >= 11 is 0. The molecule has 0 saturated carbocycles. The topological polar surface area (TPSA) is 157 Å². The van der Waals surface area contributed by atoms with E-state index in [1.807, 2.05) is 64.1 Å². The molecule has 5 atom stereocenters. The monoisotopic (exact) mass is 700 g/mol. The lowest BCUT2D eigenvalue weighted by Crippen LogP contribution is -2.55. The molecule has 0 aromatic heterocycles. The van der Waals surface area contributed by atoms with Crippen LogP contribution in [0.25, 0.3) is 0 Å². The minimum atomic E-state index is -1.06. The lowest BCUT2D eigenvalue weighted by Gasteiger charge is -2.34. The first-order valence-electron chi connectivity index (χ1n) is 17.9. The summed E-state index contributed by atoms with van der Waals surface area (Å²) in [6, 6.07) is 6.55. The van der Waals surface area contributed by atoms with Crippen molar-refractivity contribution >= 4 is 29.6 Å². The SMILES string of the molecule is CO[C@@H](C)CCC[C@H](O)CC/C(C)=C\CC(=O)N[C@@H](Cc1ccccc1)C(=O)N(C)CC(=O)N(C)[C@H](CC(C)C)C(=O)N1CCC[C@H]1C(=O)O. The molecule has 12 nitrogen and oxygen atoms in total. The Morgan fingerprint density at radius 1 is 1.06 bits per heavy atom. The van der Waals surface area contributed by atoms with Gasteiger partial charge in [-0.1, -0.05) is 55.8 Å². The van der Waals surface area contributed by atoms with Crippen molar-refractivity contribution in [3.63, 3.8) is 0 Å². The van der Waals surface area contributed by atoms with Gasteiger partial charge in [0, 0.05) is 40.6 Å². The number of methoxy groups -OCH3 is 1. The molecule has 1 aromatic rings. The van der Waals surface area contributed by atoms with E-state index in [4.69, 9.17) is 4.74 Å². The van der Waals surface area contributed by atoms with Crippen LogP contribution in [0.1, 0.15) is 91.0 Å². The number of aliphatic hydroxyl groups excluding tert-OH is 1. The second kappa shape index (κ2) is 21.4. The number of amides is 4. The fourth-order valence-corrected chi connectivity index (χ4v) is 6.15. The predicted molar refractivity (Wildman–Crippen MR) is 192 cm³/mol. The highest BCUT2D eigenvalue weighted by Crippen LogP contribution is 2.23. The zero-order valence-corrected chi connectivity index (χ0v) is 31.1. The number of likely N-dealkylation sites (tertiary alicyclic amines) is 1. The Bertz CT molecular complexity index is 1290. The van der Waals surface area contributed by atoms with E-state index in [1.165, 1.54) is 28.8 Å². The number of carbonyl (C=O) groups excluding carboxylic acids is 4. The minimum Gasteiger partial charge on any atom is -0.480 e. The second-order valence-corrected chi connectivity index (χ2v) is 14.1. The van der Waals surface area contributed by atoms with E-state index >= 15 is 0 Å². The van der Waals surface area contributed by atoms with Crippen molar-refractivity contribution in [2.45, 2.75) is 122 Å². The molecule has 1 aliphatic heterocycles. The molecule has 0 unspecified atom stereocenters. The molecule has 0 aliphatic carbocycles. The van der Waals surface area contributed by atoms with Crippen molar-refractivity contribution in [3.8, 4) is 0 Å². The first kappa shape index (κ1) is 42.4. The summed E-state index contributed by atoms with van der Waals surface area (Å²) in [6.45, 7) is 7.76. The molecule has 50 heavy (non-hydrogen) atoms. The summed E-state index contributed by atoms with van der Waals surface area (Å²) < 4.78 is 5.25. The van der Waals surface area contributed by atoms with Crippen LogP contribution in [-0.4, -0.2) is 119 Å². The van der Waals surface area contributed by atoms with Gasteiger partial charge in [-0.3, -0.25) is 19.2 Å². The van der Waals surface area contributed by atoms with Crippen molar-refractivity contribution in [1.29, 1.82) is 0 Å². The smallest absolute Gasteiger partial charge is 0.326 e. The Labute approximate surface area is 298 Å². The van der Waals surface area contributed by atoms with E-state index in [0.29, 0.717) is 45.1 Å². The van der Waals surface area contributed by atoms with Crippen LogP contribution in [0.3, 0.4) is 0 Å². The van der Waals surface area contributed by atoms with Crippen LogP contribution in [-0.2, 0) is 35.1 Å². The second-order valence-electron chi connectivity index (χ2n) is 14.1. The maximum Gasteiger partial charge on any atom is 0.326 e. The zero-order valence-electron chi connectivity index (χ0n) is 31.1. The van der Waals surface area contributed by atoms with Crippen molar-refractivity contribution < 1.29 is 38.9 Å². The van der Waals surface area contributed by atoms with Gasteiger partial charge in [-0.2, -0.15) is 0 Å². The third kappa shape index (κ3) is 14.2. The van der Waals surface area contributed by atoms with Gasteiger partial charge in [0.15, 0.2) is 0 Å². The number of nitrogens with one attached hydrogen (secondary N) is 1. The van der Waals surface area contributed by atoms with Gasteiger partial charge in [-0.25, -0.2) is 4.79 Å². The molecule has 1 saturated heterocycles. The van der Waals surface area contributed by atoms with Gasteiger partial charge in [-0.05, 0) is 76.7 Å². The predicted octanol–water partition coefficient (Wildman–Crippen LogP) is 3.80. The number of carbonyl (C=O) groups is 5. The number of hydrogen-bond donors (Lipinski definition) is 3. The zero-order chi connectivity index (χ0) is 37.4. The summed E-state index contributed by atoms with van der Waals surface area (Å²) in [5, 5.41) is 22.8. The van der Waals surface area contributed by atoms with Gasteiger partial charge in [0.1, 0.15) is 18.1 Å². The first-order chi connectivity index (χ1) is 23.6. The number of allylic oxidation sites excluding steroid dienone is 1. The molecule has 280 valence electrons. The number of rotatable bonds is 21. The molecule has 1 fully saturated rings. The van der Waals surface area contributed by atoms with Crippen LogP contribution in [0.2, 0.25) is 0 Å². The van der Waals surface area contributed by atoms with Crippen LogP contribution in [0.15, 0.2) is 42.0 Å². The summed E-state index contributed by atoms with van der Waals surface area (Å²) in [4.78, 5) is 69.7. The summed E-state index contributed by atoms with van der Waals surface area (Å²) in [6.07, 6.45) is 6.79. The molecule has 12 heteroatoms. The molecule has 3 N–H and O–H groups in total. The van der Waals surface area contributed by atoms with Gasteiger partial charge in [0.05, 0.1) is 18.8 Å². The third-order valence-corrected chi connectivity index (χ3v) is 9.38. The third-order valence-electron chi connectivity index (χ3n) is 9.38. The van der Waals surface area contributed by atoms with Gasteiger partial charge in [0.2, 0.25) is 23.6 Å². The fraction of sp³-hybridized carbons (Fsp3) is 0.658. The van der Waals surface area contributed by atoms with Gasteiger partial charge in [0.25, 0.3) is 0 Å². The number of nitrogens with zero attached hydrogens (tertiary/aromatic N) is 3. The Balaban J connectivity index is 2.07. The summed E-state index contributed by atoms with van der Waals surface area (Å²) in [5.41, 5.74) is 1.81. The Hall–Kier alpha value is -3.77. The molecule has 0 bridgehead atoms. The maximum absolute atomic E-state index is 13.8. The van der Waals surface area contributed by atoms with E-state index in [0.717, 1.165) is 24.0 Å². The Morgan fingerprint density at radius 2 is 1.74 bits per heavy atom. The Kier molecular flexibility index (Phi) is 18.2. The number of carboxylic acid groups (broad SMARTS) is 1. The average molecular weight is 701 g/mol. The molecule has 1 aromatic carbocycles. The van der Waals surface area contributed by atoms with E-state index in [2.05, 4.69) is 5.32 Å². The van der Waals surface area contributed by atoms with Crippen LogP contribution in [0.5, 0.6) is 0 Å². The average Bonchev–Trinajstić information content (AvgIpc) is 3.58. The number of benzene rings is 1. The molecule has 1 aliphatic rings. The number of aliphatic hydroxyl groups is 1. The fourth-order valence-electron chi connectivity index (χ4n) is 6.15. The quantitative estimate of drug-likeness (QED) is 0.164. The van der Waals surface area contributed by atoms with Gasteiger partial charge >= 0.3 is 5.97 Å². The lowest BCUT2D eigenvalue weighted by atomic mass is 10.0. The van der Waals surface area contributed by atoms with Crippen molar-refractivity contribution in [3.05, 3.63) is 47.5 Å². The molecule has 2 rings (SSSR count). The number of ether oxygens (including phenoxy) is 1. The highest BCUT2D eigenvalue weighted by molar-refractivity contribution is 5.93. The normalized spacial score (nSPS) is 17.2. The molecule has 1 heterocycles.